The molecule has 84 valence electrons. The third-order valence-corrected chi connectivity index (χ3v) is 2.26. The summed E-state index contributed by atoms with van der Waals surface area (Å²) in [6.07, 6.45) is 1.76. The van der Waals surface area contributed by atoms with Gasteiger partial charge in [-0.1, -0.05) is 6.92 Å². The average molecular weight is 220 g/mol. The molecule has 0 atom stereocenters. The van der Waals surface area contributed by atoms with Crippen molar-refractivity contribution >= 4 is 16.9 Å². The SMILES string of the molecule is CCC(=O)Oc1coc2cc(OC)ccc12. The highest BCUT2D eigenvalue weighted by atomic mass is 16.5. The number of methoxy groups -OCH3 is 1. The lowest BCUT2D eigenvalue weighted by atomic mass is 10.2. The molecule has 0 saturated carbocycles. The van der Waals surface area contributed by atoms with E-state index in [1.54, 1.807) is 32.2 Å². The molecule has 1 heterocycles. The molecule has 0 spiro atoms. The lowest BCUT2D eigenvalue weighted by molar-refractivity contribution is -0.133. The number of benzene rings is 1. The predicted molar refractivity (Wildman–Crippen MR) is 58.7 cm³/mol. The molecule has 16 heavy (non-hydrogen) atoms. The molecule has 0 radical (unpaired) electrons. The van der Waals surface area contributed by atoms with Gasteiger partial charge in [-0.25, -0.2) is 0 Å². The maximum Gasteiger partial charge on any atom is 0.311 e. The second-order valence-electron chi connectivity index (χ2n) is 3.29. The molecule has 1 aromatic heterocycles. The highest BCUT2D eigenvalue weighted by Crippen LogP contribution is 2.30. The molecule has 4 heteroatoms. The molecular formula is C12H12O4. The molecule has 1 aromatic carbocycles. The summed E-state index contributed by atoms with van der Waals surface area (Å²) in [7, 11) is 1.59. The van der Waals surface area contributed by atoms with Crippen LogP contribution < -0.4 is 9.47 Å². The summed E-state index contributed by atoms with van der Waals surface area (Å²) in [5.74, 6) is 0.873. The van der Waals surface area contributed by atoms with E-state index in [1.807, 2.05) is 0 Å². The Morgan fingerprint density at radius 1 is 1.44 bits per heavy atom. The van der Waals surface area contributed by atoms with Crippen LogP contribution in [0, 0.1) is 0 Å². The van der Waals surface area contributed by atoms with Crippen molar-refractivity contribution in [2.75, 3.05) is 7.11 Å². The van der Waals surface area contributed by atoms with Crippen LogP contribution in [-0.2, 0) is 4.79 Å². The first-order chi connectivity index (χ1) is 7.74. The van der Waals surface area contributed by atoms with Crippen LogP contribution in [0.1, 0.15) is 13.3 Å². The van der Waals surface area contributed by atoms with Crippen molar-refractivity contribution in [3.05, 3.63) is 24.5 Å². The maximum atomic E-state index is 11.2. The van der Waals surface area contributed by atoms with Crippen molar-refractivity contribution in [1.29, 1.82) is 0 Å². The zero-order valence-electron chi connectivity index (χ0n) is 9.15. The van der Waals surface area contributed by atoms with Crippen molar-refractivity contribution in [1.82, 2.24) is 0 Å². The first-order valence-electron chi connectivity index (χ1n) is 5.00. The lowest BCUT2D eigenvalue weighted by Crippen LogP contribution is -2.04. The minimum atomic E-state index is -0.279. The number of ether oxygens (including phenoxy) is 2. The number of carbonyl (C=O) groups excluding carboxylic acids is 1. The van der Waals surface area contributed by atoms with Crippen molar-refractivity contribution in [3.8, 4) is 11.5 Å². The number of hydrogen-bond donors (Lipinski definition) is 0. The van der Waals surface area contributed by atoms with Gasteiger partial charge >= 0.3 is 5.97 Å². The molecule has 2 rings (SSSR count). The fourth-order valence-electron chi connectivity index (χ4n) is 1.39. The Hall–Kier alpha value is -1.97. The van der Waals surface area contributed by atoms with Crippen LogP contribution in [0.3, 0.4) is 0 Å². The van der Waals surface area contributed by atoms with Gasteiger partial charge in [0.2, 0.25) is 0 Å². The van der Waals surface area contributed by atoms with Crippen LogP contribution in [0.5, 0.6) is 11.5 Å². The van der Waals surface area contributed by atoms with E-state index in [1.165, 1.54) is 6.26 Å². The molecule has 0 aliphatic heterocycles. The van der Waals surface area contributed by atoms with Crippen LogP contribution in [0.25, 0.3) is 11.0 Å². The van der Waals surface area contributed by atoms with E-state index in [4.69, 9.17) is 13.9 Å². The van der Waals surface area contributed by atoms with E-state index in [9.17, 15) is 4.79 Å². The van der Waals surface area contributed by atoms with Gasteiger partial charge in [-0.2, -0.15) is 0 Å². The molecule has 2 aromatic rings. The maximum absolute atomic E-state index is 11.2. The summed E-state index contributed by atoms with van der Waals surface area (Å²) in [6.45, 7) is 1.74. The van der Waals surface area contributed by atoms with Gasteiger partial charge < -0.3 is 13.9 Å². The van der Waals surface area contributed by atoms with Gasteiger partial charge in [0.1, 0.15) is 17.6 Å². The molecule has 0 fully saturated rings. The largest absolute Gasteiger partial charge is 0.497 e. The highest BCUT2D eigenvalue weighted by molar-refractivity contribution is 5.87. The normalized spacial score (nSPS) is 10.4. The Morgan fingerprint density at radius 3 is 2.94 bits per heavy atom. The van der Waals surface area contributed by atoms with Gasteiger partial charge in [0.05, 0.1) is 12.5 Å². The summed E-state index contributed by atoms with van der Waals surface area (Å²) in [4.78, 5) is 11.2. The van der Waals surface area contributed by atoms with Gasteiger partial charge in [0, 0.05) is 12.5 Å². The Labute approximate surface area is 92.8 Å². The van der Waals surface area contributed by atoms with E-state index in [0.29, 0.717) is 23.5 Å². The predicted octanol–water partition coefficient (Wildman–Crippen LogP) is 2.76. The Morgan fingerprint density at radius 2 is 2.25 bits per heavy atom. The topological polar surface area (TPSA) is 48.7 Å². The van der Waals surface area contributed by atoms with Crippen LogP contribution >= 0.6 is 0 Å². The van der Waals surface area contributed by atoms with Crippen LogP contribution in [0.15, 0.2) is 28.9 Å². The van der Waals surface area contributed by atoms with E-state index in [0.717, 1.165) is 5.39 Å². The fraction of sp³-hybridized carbons (Fsp3) is 0.250. The zero-order chi connectivity index (χ0) is 11.5. The molecular weight excluding hydrogens is 208 g/mol. The second kappa shape index (κ2) is 4.26. The number of hydrogen-bond acceptors (Lipinski definition) is 4. The number of furan rings is 1. The van der Waals surface area contributed by atoms with E-state index in [-0.39, 0.29) is 5.97 Å². The van der Waals surface area contributed by atoms with Gasteiger partial charge in [-0.15, -0.1) is 0 Å². The number of rotatable bonds is 3. The van der Waals surface area contributed by atoms with Crippen LogP contribution in [0.2, 0.25) is 0 Å². The quantitative estimate of drug-likeness (QED) is 0.746. The molecule has 0 aliphatic carbocycles. The van der Waals surface area contributed by atoms with Gasteiger partial charge in [0.25, 0.3) is 0 Å². The number of fused-ring (bicyclic) bond motifs is 1. The summed E-state index contributed by atoms with van der Waals surface area (Å²) in [5.41, 5.74) is 0.637. The first-order valence-corrected chi connectivity index (χ1v) is 5.00. The molecule has 0 unspecified atom stereocenters. The smallest absolute Gasteiger partial charge is 0.311 e. The van der Waals surface area contributed by atoms with Gasteiger partial charge in [0.15, 0.2) is 5.75 Å². The third kappa shape index (κ3) is 1.86. The number of carbonyl (C=O) groups is 1. The zero-order valence-corrected chi connectivity index (χ0v) is 9.15. The molecule has 0 amide bonds. The highest BCUT2D eigenvalue weighted by Gasteiger charge is 2.10. The molecule has 0 N–H and O–H groups in total. The molecule has 4 nitrogen and oxygen atoms in total. The summed E-state index contributed by atoms with van der Waals surface area (Å²) in [5, 5.41) is 0.766. The van der Waals surface area contributed by atoms with Gasteiger partial charge in [-0.05, 0) is 12.1 Å². The Kier molecular flexibility index (Phi) is 2.81. The fourth-order valence-corrected chi connectivity index (χ4v) is 1.39. The number of esters is 1. The molecule has 0 saturated heterocycles. The van der Waals surface area contributed by atoms with Crippen LogP contribution in [-0.4, -0.2) is 13.1 Å². The molecule has 0 bridgehead atoms. The van der Waals surface area contributed by atoms with Crippen molar-refractivity contribution in [3.63, 3.8) is 0 Å². The van der Waals surface area contributed by atoms with Crippen LogP contribution in [0.4, 0.5) is 0 Å². The minimum absolute atomic E-state index is 0.279. The summed E-state index contributed by atoms with van der Waals surface area (Å²) in [6, 6.07) is 5.34. The Balaban J connectivity index is 2.37. The van der Waals surface area contributed by atoms with E-state index in [2.05, 4.69) is 0 Å². The van der Waals surface area contributed by atoms with Crippen molar-refractivity contribution in [2.24, 2.45) is 0 Å². The minimum Gasteiger partial charge on any atom is -0.497 e. The summed E-state index contributed by atoms with van der Waals surface area (Å²) < 4.78 is 15.5. The van der Waals surface area contributed by atoms with E-state index < -0.39 is 0 Å². The Bertz CT molecular complexity index is 513. The second-order valence-corrected chi connectivity index (χ2v) is 3.29. The first kappa shape index (κ1) is 10.5. The summed E-state index contributed by atoms with van der Waals surface area (Å²) >= 11 is 0. The van der Waals surface area contributed by atoms with Crippen molar-refractivity contribution < 1.29 is 18.7 Å². The third-order valence-electron chi connectivity index (χ3n) is 2.26. The van der Waals surface area contributed by atoms with E-state index >= 15 is 0 Å². The van der Waals surface area contributed by atoms with Crippen molar-refractivity contribution in [2.45, 2.75) is 13.3 Å². The monoisotopic (exact) mass is 220 g/mol. The standard InChI is InChI=1S/C12H12O4/c1-3-12(13)16-11-7-15-10-6-8(14-2)4-5-9(10)11/h4-7H,3H2,1-2H3. The lowest BCUT2D eigenvalue weighted by Gasteiger charge is -2.00. The van der Waals surface area contributed by atoms with Gasteiger partial charge in [-0.3, -0.25) is 4.79 Å². The average Bonchev–Trinajstić information content (AvgIpc) is 2.71. The molecule has 0 aliphatic rings.